The van der Waals surface area contributed by atoms with E-state index in [9.17, 15) is 15.0 Å². The first-order valence-electron chi connectivity index (χ1n) is 8.42. The van der Waals surface area contributed by atoms with Crippen molar-refractivity contribution in [3.05, 3.63) is 69.3 Å². The van der Waals surface area contributed by atoms with Crippen molar-refractivity contribution in [2.75, 3.05) is 6.61 Å². The zero-order chi connectivity index (χ0) is 20.3. The number of nitrogens with zero attached hydrogens (tertiary/aromatic N) is 2. The number of hydrogen-bond donors (Lipinski definition) is 4. The lowest BCUT2D eigenvalue weighted by molar-refractivity contribution is 0.0908. The molecule has 0 saturated heterocycles. The van der Waals surface area contributed by atoms with Crippen molar-refractivity contribution in [1.29, 1.82) is 0 Å². The Bertz CT molecular complexity index is 1010. The van der Waals surface area contributed by atoms with Gasteiger partial charge in [0.2, 0.25) is 0 Å². The molecule has 3 rings (SSSR count). The summed E-state index contributed by atoms with van der Waals surface area (Å²) < 4.78 is 0. The molecule has 0 bridgehead atoms. The first kappa shape index (κ1) is 20.3. The molecule has 2 aromatic heterocycles. The summed E-state index contributed by atoms with van der Waals surface area (Å²) in [6.07, 6.45) is 1.31. The van der Waals surface area contributed by atoms with Gasteiger partial charge in [-0.25, -0.2) is 9.97 Å². The standard InChI is InChI=1S/C19H18Cl2N4O3/c1-10-17(14-6-16(21)23-9-22-14)13(7-26)18(24-10)19(28)25-15(8-27)11-3-2-4-12(20)5-11/h2-6,9,15,24,26-27H,7-8H2,1H3,(H,25,28)/t15-/m1/s1. The lowest BCUT2D eigenvalue weighted by Crippen LogP contribution is -2.31. The van der Waals surface area contributed by atoms with Crippen LogP contribution in [0.15, 0.2) is 36.7 Å². The molecule has 9 heteroatoms. The van der Waals surface area contributed by atoms with Crippen LogP contribution in [-0.4, -0.2) is 37.7 Å². The molecule has 3 aromatic rings. The highest BCUT2D eigenvalue weighted by Crippen LogP contribution is 2.30. The molecule has 4 N–H and O–H groups in total. The highest BCUT2D eigenvalue weighted by molar-refractivity contribution is 6.30. The van der Waals surface area contributed by atoms with Gasteiger partial charge in [0.1, 0.15) is 17.2 Å². The van der Waals surface area contributed by atoms with Gasteiger partial charge in [-0.3, -0.25) is 4.79 Å². The van der Waals surface area contributed by atoms with E-state index in [4.69, 9.17) is 23.2 Å². The molecule has 28 heavy (non-hydrogen) atoms. The van der Waals surface area contributed by atoms with Gasteiger partial charge >= 0.3 is 0 Å². The second-order valence-electron chi connectivity index (χ2n) is 6.13. The molecule has 2 heterocycles. The molecule has 0 saturated carbocycles. The van der Waals surface area contributed by atoms with Crippen LogP contribution < -0.4 is 5.32 Å². The van der Waals surface area contributed by atoms with Crippen molar-refractivity contribution in [3.63, 3.8) is 0 Å². The lowest BCUT2D eigenvalue weighted by atomic mass is 10.0. The van der Waals surface area contributed by atoms with Crippen molar-refractivity contribution >= 4 is 29.1 Å². The Morgan fingerprint density at radius 1 is 1.25 bits per heavy atom. The molecule has 0 unspecified atom stereocenters. The van der Waals surface area contributed by atoms with Gasteiger partial charge in [0, 0.05) is 27.9 Å². The van der Waals surface area contributed by atoms with Crippen molar-refractivity contribution in [1.82, 2.24) is 20.3 Å². The number of aromatic nitrogens is 3. The Morgan fingerprint density at radius 2 is 2.04 bits per heavy atom. The van der Waals surface area contributed by atoms with E-state index < -0.39 is 11.9 Å². The predicted molar refractivity (Wildman–Crippen MR) is 106 cm³/mol. The summed E-state index contributed by atoms with van der Waals surface area (Å²) in [6, 6.07) is 7.78. The van der Waals surface area contributed by atoms with Gasteiger partial charge in [-0.1, -0.05) is 35.3 Å². The predicted octanol–water partition coefficient (Wildman–Crippen LogP) is 3.04. The largest absolute Gasteiger partial charge is 0.394 e. The smallest absolute Gasteiger partial charge is 0.268 e. The van der Waals surface area contributed by atoms with Crippen LogP contribution in [0.5, 0.6) is 0 Å². The van der Waals surface area contributed by atoms with Gasteiger partial charge < -0.3 is 20.5 Å². The monoisotopic (exact) mass is 420 g/mol. The second kappa shape index (κ2) is 8.70. The van der Waals surface area contributed by atoms with Crippen molar-refractivity contribution in [3.8, 4) is 11.3 Å². The number of amides is 1. The Morgan fingerprint density at radius 3 is 2.68 bits per heavy atom. The number of rotatable bonds is 6. The molecule has 0 radical (unpaired) electrons. The molecule has 0 spiro atoms. The van der Waals surface area contributed by atoms with E-state index >= 15 is 0 Å². The minimum Gasteiger partial charge on any atom is -0.394 e. The topological polar surface area (TPSA) is 111 Å². The molecule has 1 aromatic carbocycles. The van der Waals surface area contributed by atoms with Crippen LogP contribution in [0.3, 0.4) is 0 Å². The summed E-state index contributed by atoms with van der Waals surface area (Å²) in [5.74, 6) is -0.474. The van der Waals surface area contributed by atoms with E-state index in [2.05, 4.69) is 20.3 Å². The summed E-state index contributed by atoms with van der Waals surface area (Å²) in [5, 5.41) is 23.1. The fourth-order valence-electron chi connectivity index (χ4n) is 3.03. The maximum absolute atomic E-state index is 12.9. The van der Waals surface area contributed by atoms with E-state index in [1.807, 2.05) is 0 Å². The first-order chi connectivity index (χ1) is 13.4. The van der Waals surface area contributed by atoms with Crippen LogP contribution in [0.1, 0.15) is 33.4 Å². The highest BCUT2D eigenvalue weighted by Gasteiger charge is 2.24. The number of aryl methyl sites for hydroxylation is 1. The van der Waals surface area contributed by atoms with Crippen LogP contribution in [0.25, 0.3) is 11.3 Å². The molecule has 1 amide bonds. The number of halogens is 2. The summed E-state index contributed by atoms with van der Waals surface area (Å²) in [6.45, 7) is 1.07. The third-order valence-electron chi connectivity index (χ3n) is 4.31. The summed E-state index contributed by atoms with van der Waals surface area (Å²) >= 11 is 11.9. The molecule has 146 valence electrons. The quantitative estimate of drug-likeness (QED) is 0.458. The molecule has 0 aliphatic rings. The highest BCUT2D eigenvalue weighted by atomic mass is 35.5. The summed E-state index contributed by atoms with van der Waals surface area (Å²) in [4.78, 5) is 23.9. The number of benzene rings is 1. The molecule has 0 aliphatic carbocycles. The minimum atomic E-state index is -0.654. The molecule has 7 nitrogen and oxygen atoms in total. The fourth-order valence-corrected chi connectivity index (χ4v) is 3.38. The fraction of sp³-hybridized carbons (Fsp3) is 0.211. The number of nitrogens with one attached hydrogen (secondary N) is 2. The SMILES string of the molecule is Cc1[nH]c(C(=O)N[C@H](CO)c2cccc(Cl)c2)c(CO)c1-c1cc(Cl)ncn1. The van der Waals surface area contributed by atoms with E-state index in [1.165, 1.54) is 6.33 Å². The number of carbonyl (C=O) groups excluding carboxylic acids is 1. The number of hydrogen-bond acceptors (Lipinski definition) is 5. The van der Waals surface area contributed by atoms with Gasteiger partial charge in [0.25, 0.3) is 5.91 Å². The second-order valence-corrected chi connectivity index (χ2v) is 6.95. The van der Waals surface area contributed by atoms with Gasteiger partial charge in [0.15, 0.2) is 0 Å². The van der Waals surface area contributed by atoms with E-state index in [0.29, 0.717) is 33.1 Å². The first-order valence-corrected chi connectivity index (χ1v) is 9.17. The molecule has 1 atom stereocenters. The number of carbonyl (C=O) groups is 1. The number of aliphatic hydroxyl groups excluding tert-OH is 2. The maximum atomic E-state index is 12.9. The molecule has 0 aliphatic heterocycles. The van der Waals surface area contributed by atoms with Crippen LogP contribution in [-0.2, 0) is 6.61 Å². The van der Waals surface area contributed by atoms with E-state index in [0.717, 1.165) is 0 Å². The molecular weight excluding hydrogens is 403 g/mol. The lowest BCUT2D eigenvalue weighted by Gasteiger charge is -2.17. The number of aliphatic hydroxyl groups is 2. The van der Waals surface area contributed by atoms with Crippen LogP contribution in [0.2, 0.25) is 10.2 Å². The van der Waals surface area contributed by atoms with Crippen LogP contribution >= 0.6 is 23.2 Å². The Kier molecular flexibility index (Phi) is 6.31. The minimum absolute atomic E-state index is 0.185. The normalized spacial score (nSPS) is 12.0. The van der Waals surface area contributed by atoms with Gasteiger partial charge in [-0.05, 0) is 24.6 Å². The Balaban J connectivity index is 1.95. The van der Waals surface area contributed by atoms with E-state index in [1.54, 1.807) is 37.3 Å². The third-order valence-corrected chi connectivity index (χ3v) is 4.75. The average Bonchev–Trinajstić information content (AvgIpc) is 3.02. The zero-order valence-corrected chi connectivity index (χ0v) is 16.4. The molecule has 0 fully saturated rings. The average molecular weight is 421 g/mol. The van der Waals surface area contributed by atoms with E-state index in [-0.39, 0.29) is 24.1 Å². The van der Waals surface area contributed by atoms with Gasteiger partial charge in [0.05, 0.1) is 24.9 Å². The van der Waals surface area contributed by atoms with Gasteiger partial charge in [-0.2, -0.15) is 0 Å². The zero-order valence-electron chi connectivity index (χ0n) is 14.9. The summed E-state index contributed by atoms with van der Waals surface area (Å²) in [7, 11) is 0. The van der Waals surface area contributed by atoms with Crippen molar-refractivity contribution in [2.45, 2.75) is 19.6 Å². The van der Waals surface area contributed by atoms with Gasteiger partial charge in [-0.15, -0.1) is 0 Å². The Labute approximate surface area is 171 Å². The van der Waals surface area contributed by atoms with Crippen LogP contribution in [0, 0.1) is 6.92 Å². The van der Waals surface area contributed by atoms with Crippen molar-refractivity contribution in [2.24, 2.45) is 0 Å². The maximum Gasteiger partial charge on any atom is 0.268 e. The van der Waals surface area contributed by atoms with Crippen molar-refractivity contribution < 1.29 is 15.0 Å². The number of H-pyrrole nitrogens is 1. The summed E-state index contributed by atoms with van der Waals surface area (Å²) in [5.41, 5.74) is 2.95. The molecular formula is C19H18Cl2N4O3. The Hall–Kier alpha value is -2.45. The third kappa shape index (κ3) is 4.18. The number of aromatic amines is 1. The van der Waals surface area contributed by atoms with Crippen LogP contribution in [0.4, 0.5) is 0 Å².